The van der Waals surface area contributed by atoms with Crippen LogP contribution in [0.5, 0.6) is 0 Å². The van der Waals surface area contributed by atoms with E-state index in [0.717, 1.165) is 5.56 Å². The molecule has 2 rings (SSSR count). The van der Waals surface area contributed by atoms with Crippen LogP contribution in [0.15, 0.2) is 41.0 Å². The van der Waals surface area contributed by atoms with Crippen LogP contribution in [0.25, 0.3) is 0 Å². The Bertz CT molecular complexity index is 483. The summed E-state index contributed by atoms with van der Waals surface area (Å²) in [4.78, 5) is 0. The Hall–Kier alpha value is -1.32. The second-order valence-corrected chi connectivity index (χ2v) is 3.74. The molecule has 0 spiro atoms. The summed E-state index contributed by atoms with van der Waals surface area (Å²) in [7, 11) is 1.75. The molecule has 1 aromatic heterocycles. The molecule has 0 aliphatic carbocycles. The predicted octanol–water partition coefficient (Wildman–Crippen LogP) is 3.38. The molecule has 2 aromatic rings. The normalized spacial score (nSPS) is 12.7. The topological polar surface area (TPSA) is 25.2 Å². The van der Waals surface area contributed by atoms with Crippen molar-refractivity contribution in [3.05, 3.63) is 58.8 Å². The molecule has 0 amide bonds. The van der Waals surface area contributed by atoms with Gasteiger partial charge in [0, 0.05) is 11.1 Å². The number of hydrogen-bond acceptors (Lipinski definition) is 2. The van der Waals surface area contributed by atoms with Crippen LogP contribution in [0.3, 0.4) is 0 Å². The van der Waals surface area contributed by atoms with Gasteiger partial charge in [-0.05, 0) is 30.8 Å². The molecule has 1 aromatic carbocycles. The highest BCUT2D eigenvalue weighted by atomic mass is 35.5. The Morgan fingerprint density at radius 3 is 2.56 bits per heavy atom. The van der Waals surface area contributed by atoms with Gasteiger partial charge in [0.25, 0.3) is 0 Å². The average Bonchev–Trinajstić information content (AvgIpc) is 2.69. The molecule has 1 N–H and O–H groups in total. The fraction of sp³-hybridized carbons (Fsp3) is 0.167. The van der Waals surface area contributed by atoms with Crippen molar-refractivity contribution < 1.29 is 8.81 Å². The molecule has 4 heteroatoms. The SMILES string of the molecule is CNC(c1ccccc1F)c1ccoc1Cl. The van der Waals surface area contributed by atoms with Crippen LogP contribution in [0.4, 0.5) is 4.39 Å². The molecular weight excluding hydrogens is 229 g/mol. The largest absolute Gasteiger partial charge is 0.453 e. The summed E-state index contributed by atoms with van der Waals surface area (Å²) >= 11 is 5.89. The fourth-order valence-corrected chi connectivity index (χ4v) is 1.92. The van der Waals surface area contributed by atoms with E-state index in [-0.39, 0.29) is 17.1 Å². The number of benzene rings is 1. The molecule has 1 atom stereocenters. The molecule has 0 saturated heterocycles. The summed E-state index contributed by atoms with van der Waals surface area (Å²) in [6, 6.07) is 8.02. The number of furan rings is 1. The molecule has 1 unspecified atom stereocenters. The summed E-state index contributed by atoms with van der Waals surface area (Å²) in [6.07, 6.45) is 1.49. The van der Waals surface area contributed by atoms with Crippen LogP contribution in [0.2, 0.25) is 5.22 Å². The van der Waals surface area contributed by atoms with E-state index in [0.29, 0.717) is 5.56 Å². The van der Waals surface area contributed by atoms with Gasteiger partial charge in [-0.1, -0.05) is 18.2 Å². The highest BCUT2D eigenvalue weighted by Gasteiger charge is 2.19. The molecule has 0 aliphatic heterocycles. The van der Waals surface area contributed by atoms with Gasteiger partial charge in [-0.25, -0.2) is 4.39 Å². The van der Waals surface area contributed by atoms with Gasteiger partial charge < -0.3 is 9.73 Å². The highest BCUT2D eigenvalue weighted by Crippen LogP contribution is 2.30. The lowest BCUT2D eigenvalue weighted by Crippen LogP contribution is -2.18. The molecule has 16 heavy (non-hydrogen) atoms. The van der Waals surface area contributed by atoms with Crippen molar-refractivity contribution in [2.75, 3.05) is 7.05 Å². The maximum atomic E-state index is 13.6. The van der Waals surface area contributed by atoms with E-state index < -0.39 is 0 Å². The molecule has 1 heterocycles. The van der Waals surface area contributed by atoms with E-state index in [2.05, 4.69) is 5.32 Å². The zero-order chi connectivity index (χ0) is 11.5. The molecule has 84 valence electrons. The van der Waals surface area contributed by atoms with E-state index in [1.165, 1.54) is 12.3 Å². The van der Waals surface area contributed by atoms with E-state index in [1.807, 2.05) is 0 Å². The number of halogens is 2. The van der Waals surface area contributed by atoms with Crippen molar-refractivity contribution in [2.24, 2.45) is 0 Å². The minimum atomic E-state index is -0.299. The highest BCUT2D eigenvalue weighted by molar-refractivity contribution is 6.29. The summed E-state index contributed by atoms with van der Waals surface area (Å²) in [6.45, 7) is 0. The number of hydrogen-bond donors (Lipinski definition) is 1. The van der Waals surface area contributed by atoms with Crippen LogP contribution in [0.1, 0.15) is 17.2 Å². The molecular formula is C12H11ClFNO. The van der Waals surface area contributed by atoms with Gasteiger partial charge in [0.1, 0.15) is 5.82 Å². The monoisotopic (exact) mass is 239 g/mol. The van der Waals surface area contributed by atoms with E-state index in [1.54, 1.807) is 31.3 Å². The van der Waals surface area contributed by atoms with Gasteiger partial charge in [-0.15, -0.1) is 0 Å². The minimum Gasteiger partial charge on any atom is -0.453 e. The zero-order valence-corrected chi connectivity index (χ0v) is 9.46. The Morgan fingerprint density at radius 1 is 1.25 bits per heavy atom. The average molecular weight is 240 g/mol. The Morgan fingerprint density at radius 2 is 2.00 bits per heavy atom. The lowest BCUT2D eigenvalue weighted by molar-refractivity contribution is 0.550. The molecule has 0 bridgehead atoms. The third kappa shape index (κ3) is 1.96. The third-order valence-electron chi connectivity index (χ3n) is 2.46. The Balaban J connectivity index is 2.45. The van der Waals surface area contributed by atoms with Gasteiger partial charge in [0.15, 0.2) is 5.22 Å². The second kappa shape index (κ2) is 4.68. The van der Waals surface area contributed by atoms with Gasteiger partial charge in [-0.2, -0.15) is 0 Å². The van der Waals surface area contributed by atoms with Crippen LogP contribution >= 0.6 is 11.6 Å². The van der Waals surface area contributed by atoms with Crippen molar-refractivity contribution in [3.8, 4) is 0 Å². The van der Waals surface area contributed by atoms with Crippen molar-refractivity contribution in [1.29, 1.82) is 0 Å². The zero-order valence-electron chi connectivity index (χ0n) is 8.71. The van der Waals surface area contributed by atoms with Crippen LogP contribution < -0.4 is 5.32 Å². The predicted molar refractivity (Wildman–Crippen MR) is 61.0 cm³/mol. The van der Waals surface area contributed by atoms with Crippen molar-refractivity contribution in [1.82, 2.24) is 5.32 Å². The van der Waals surface area contributed by atoms with Crippen molar-refractivity contribution >= 4 is 11.6 Å². The van der Waals surface area contributed by atoms with Crippen LogP contribution in [0, 0.1) is 5.82 Å². The molecule has 0 saturated carbocycles. The van der Waals surface area contributed by atoms with Gasteiger partial charge in [-0.3, -0.25) is 0 Å². The molecule has 0 fully saturated rings. The van der Waals surface area contributed by atoms with Gasteiger partial charge in [0.05, 0.1) is 12.3 Å². The first-order valence-corrected chi connectivity index (χ1v) is 5.26. The first-order valence-electron chi connectivity index (χ1n) is 4.88. The standard InChI is InChI=1S/C12H11ClFNO/c1-15-11(9-6-7-16-12(9)13)8-4-2-3-5-10(8)14/h2-7,11,15H,1H3. The molecule has 0 aliphatic rings. The Kier molecular flexibility index (Phi) is 3.27. The quantitative estimate of drug-likeness (QED) is 0.888. The fourth-order valence-electron chi connectivity index (χ4n) is 1.70. The maximum Gasteiger partial charge on any atom is 0.198 e. The van der Waals surface area contributed by atoms with Crippen LogP contribution in [-0.2, 0) is 0 Å². The summed E-state index contributed by atoms with van der Waals surface area (Å²) in [5, 5.41) is 3.30. The lowest BCUT2D eigenvalue weighted by atomic mass is 10.0. The van der Waals surface area contributed by atoms with Gasteiger partial charge >= 0.3 is 0 Å². The second-order valence-electron chi connectivity index (χ2n) is 3.39. The first-order chi connectivity index (χ1) is 7.74. The maximum absolute atomic E-state index is 13.6. The third-order valence-corrected chi connectivity index (χ3v) is 2.77. The van der Waals surface area contributed by atoms with Crippen molar-refractivity contribution in [2.45, 2.75) is 6.04 Å². The molecule has 2 nitrogen and oxygen atoms in total. The summed E-state index contributed by atoms with van der Waals surface area (Å²) in [5.74, 6) is -0.265. The van der Waals surface area contributed by atoms with E-state index in [9.17, 15) is 4.39 Å². The summed E-state index contributed by atoms with van der Waals surface area (Å²) in [5.41, 5.74) is 1.28. The van der Waals surface area contributed by atoms with Gasteiger partial charge in [0.2, 0.25) is 0 Å². The number of rotatable bonds is 3. The number of nitrogens with one attached hydrogen (secondary N) is 1. The first kappa shape index (κ1) is 11.2. The van der Waals surface area contributed by atoms with Crippen LogP contribution in [-0.4, -0.2) is 7.05 Å². The van der Waals surface area contributed by atoms with E-state index >= 15 is 0 Å². The van der Waals surface area contributed by atoms with E-state index in [4.69, 9.17) is 16.0 Å². The van der Waals surface area contributed by atoms with Crippen molar-refractivity contribution in [3.63, 3.8) is 0 Å². The molecule has 0 radical (unpaired) electrons. The lowest BCUT2D eigenvalue weighted by Gasteiger charge is -2.16. The smallest absolute Gasteiger partial charge is 0.198 e. The Labute approximate surface area is 98.0 Å². The minimum absolute atomic E-state index is 0.265. The summed E-state index contributed by atoms with van der Waals surface area (Å²) < 4.78 is 18.6.